The Hall–Kier alpha value is -4.35. The molecule has 0 aliphatic carbocycles. The highest BCUT2D eigenvalue weighted by molar-refractivity contribution is 6.30. The standard InChI is InChI=1S/C24H21ClN6O5/c25-18-4-2-16(3-5-18)12-30-21(29-23(34)31(24(30)35)13-17(14-32)15-33)28-19-6-8-20(9-7-19)36-22-26-10-1-11-27-22/h1-11,14,17,33H,12-13,15H2,(H,28,29,34). The Labute approximate surface area is 209 Å². The van der Waals surface area contributed by atoms with Gasteiger partial charge in [0.15, 0.2) is 0 Å². The molecule has 2 aromatic heterocycles. The van der Waals surface area contributed by atoms with Gasteiger partial charge in [0.25, 0.3) is 0 Å². The topological polar surface area (TPSA) is 141 Å². The zero-order valence-corrected chi connectivity index (χ0v) is 19.6. The molecule has 0 bridgehead atoms. The van der Waals surface area contributed by atoms with E-state index >= 15 is 0 Å². The second kappa shape index (κ2) is 11.4. The van der Waals surface area contributed by atoms with Gasteiger partial charge in [0.05, 0.1) is 19.1 Å². The third-order valence-electron chi connectivity index (χ3n) is 5.11. The zero-order valence-electron chi connectivity index (χ0n) is 18.8. The van der Waals surface area contributed by atoms with Crippen LogP contribution in [0.4, 0.5) is 11.6 Å². The molecular formula is C24H21ClN6O5. The maximum Gasteiger partial charge on any atom is 0.354 e. The van der Waals surface area contributed by atoms with Crippen molar-refractivity contribution in [3.63, 3.8) is 0 Å². The second-order valence-corrected chi connectivity index (χ2v) is 8.12. The van der Waals surface area contributed by atoms with Crippen molar-refractivity contribution in [1.82, 2.24) is 24.1 Å². The van der Waals surface area contributed by atoms with Crippen molar-refractivity contribution in [3.8, 4) is 11.8 Å². The molecule has 1 unspecified atom stereocenters. The van der Waals surface area contributed by atoms with Gasteiger partial charge in [0.1, 0.15) is 12.0 Å². The van der Waals surface area contributed by atoms with E-state index in [1.54, 1.807) is 67.0 Å². The minimum absolute atomic E-state index is 0.00270. The van der Waals surface area contributed by atoms with Crippen LogP contribution in [-0.4, -0.2) is 42.1 Å². The number of nitrogens with one attached hydrogen (secondary N) is 1. The summed E-state index contributed by atoms with van der Waals surface area (Å²) in [4.78, 5) is 49.2. The number of nitrogens with zero attached hydrogens (tertiary/aromatic N) is 5. The van der Waals surface area contributed by atoms with Gasteiger partial charge in [-0.1, -0.05) is 23.7 Å². The Morgan fingerprint density at radius 1 is 1.03 bits per heavy atom. The molecule has 0 aliphatic rings. The van der Waals surface area contributed by atoms with Crippen LogP contribution < -0.4 is 21.4 Å². The number of carbonyl (C=O) groups excluding carboxylic acids is 1. The molecular weight excluding hydrogens is 488 g/mol. The number of aliphatic hydroxyl groups is 1. The highest BCUT2D eigenvalue weighted by Crippen LogP contribution is 2.22. The Morgan fingerprint density at radius 3 is 2.36 bits per heavy atom. The summed E-state index contributed by atoms with van der Waals surface area (Å²) < 4.78 is 7.67. The quantitative estimate of drug-likeness (QED) is 0.308. The number of carbonyl (C=O) groups is 1. The normalized spacial score (nSPS) is 11.6. The van der Waals surface area contributed by atoms with Crippen molar-refractivity contribution in [2.24, 2.45) is 5.92 Å². The first-order valence-corrected chi connectivity index (χ1v) is 11.2. The molecule has 0 aliphatic heterocycles. The van der Waals surface area contributed by atoms with Gasteiger partial charge in [-0.25, -0.2) is 24.1 Å². The van der Waals surface area contributed by atoms with Crippen molar-refractivity contribution >= 4 is 29.5 Å². The number of halogens is 1. The smallest absolute Gasteiger partial charge is 0.354 e. The number of hydrogen-bond acceptors (Lipinski definition) is 9. The Bertz CT molecular complexity index is 1440. The summed E-state index contributed by atoms with van der Waals surface area (Å²) in [6.07, 6.45) is 3.61. The summed E-state index contributed by atoms with van der Waals surface area (Å²) in [5.74, 6) is -0.429. The van der Waals surface area contributed by atoms with Crippen LogP contribution >= 0.6 is 11.6 Å². The fourth-order valence-electron chi connectivity index (χ4n) is 3.25. The third-order valence-corrected chi connectivity index (χ3v) is 5.36. The molecule has 0 saturated carbocycles. The first kappa shape index (κ1) is 24.8. The van der Waals surface area contributed by atoms with E-state index in [4.69, 9.17) is 16.3 Å². The van der Waals surface area contributed by atoms with Gasteiger partial charge in [0, 0.05) is 29.6 Å². The molecule has 184 valence electrons. The molecule has 12 heteroatoms. The van der Waals surface area contributed by atoms with Gasteiger partial charge >= 0.3 is 17.4 Å². The Morgan fingerprint density at radius 2 is 1.72 bits per heavy atom. The predicted octanol–water partition coefficient (Wildman–Crippen LogP) is 2.24. The van der Waals surface area contributed by atoms with E-state index in [-0.39, 0.29) is 25.0 Å². The average Bonchev–Trinajstić information content (AvgIpc) is 2.89. The van der Waals surface area contributed by atoms with Gasteiger partial charge < -0.3 is 20.0 Å². The molecule has 11 nitrogen and oxygen atoms in total. The lowest BCUT2D eigenvalue weighted by molar-refractivity contribution is -0.112. The van der Waals surface area contributed by atoms with Crippen molar-refractivity contribution in [2.45, 2.75) is 13.1 Å². The molecule has 2 aromatic carbocycles. The van der Waals surface area contributed by atoms with Crippen LogP contribution in [0.5, 0.6) is 11.8 Å². The second-order valence-electron chi connectivity index (χ2n) is 7.69. The van der Waals surface area contributed by atoms with Crippen LogP contribution in [0.2, 0.25) is 5.02 Å². The summed E-state index contributed by atoms with van der Waals surface area (Å²) in [5, 5.41) is 12.9. The number of aliphatic hydroxyl groups excluding tert-OH is 1. The molecule has 36 heavy (non-hydrogen) atoms. The maximum absolute atomic E-state index is 13.3. The number of ether oxygens (including phenoxy) is 1. The molecule has 0 radical (unpaired) electrons. The third kappa shape index (κ3) is 6.01. The van der Waals surface area contributed by atoms with E-state index < -0.39 is 23.9 Å². The van der Waals surface area contributed by atoms with Crippen LogP contribution in [0.15, 0.2) is 76.6 Å². The van der Waals surface area contributed by atoms with Crippen molar-refractivity contribution in [3.05, 3.63) is 98.5 Å². The average molecular weight is 509 g/mol. The van der Waals surface area contributed by atoms with Crippen molar-refractivity contribution in [1.29, 1.82) is 0 Å². The number of anilines is 2. The van der Waals surface area contributed by atoms with Gasteiger partial charge in [-0.15, -0.1) is 0 Å². The molecule has 2 N–H and O–H groups in total. The highest BCUT2D eigenvalue weighted by atomic mass is 35.5. The number of aromatic nitrogens is 5. The molecule has 4 rings (SSSR count). The summed E-state index contributed by atoms with van der Waals surface area (Å²) in [7, 11) is 0. The lowest BCUT2D eigenvalue weighted by Gasteiger charge is -2.17. The largest absolute Gasteiger partial charge is 0.424 e. The maximum atomic E-state index is 13.3. The predicted molar refractivity (Wildman–Crippen MR) is 132 cm³/mol. The lowest BCUT2D eigenvalue weighted by Crippen LogP contribution is -2.44. The van der Waals surface area contributed by atoms with E-state index in [1.807, 2.05) is 0 Å². The van der Waals surface area contributed by atoms with E-state index in [0.29, 0.717) is 22.7 Å². The molecule has 0 amide bonds. The highest BCUT2D eigenvalue weighted by Gasteiger charge is 2.17. The van der Waals surface area contributed by atoms with Gasteiger partial charge in [-0.3, -0.25) is 4.57 Å². The van der Waals surface area contributed by atoms with Crippen LogP contribution in [-0.2, 0) is 17.9 Å². The van der Waals surface area contributed by atoms with Gasteiger partial charge in [-0.05, 0) is 48.0 Å². The summed E-state index contributed by atoms with van der Waals surface area (Å²) in [6.45, 7) is -0.725. The summed E-state index contributed by atoms with van der Waals surface area (Å²) >= 11 is 5.97. The first-order chi connectivity index (χ1) is 17.5. The lowest BCUT2D eigenvalue weighted by atomic mass is 10.2. The van der Waals surface area contributed by atoms with E-state index in [0.717, 1.165) is 10.1 Å². The summed E-state index contributed by atoms with van der Waals surface area (Å²) in [5.41, 5.74) is -0.270. The summed E-state index contributed by atoms with van der Waals surface area (Å²) in [6, 6.07) is 15.4. The first-order valence-electron chi connectivity index (χ1n) is 10.8. The van der Waals surface area contributed by atoms with Crippen molar-refractivity contribution < 1.29 is 14.6 Å². The molecule has 2 heterocycles. The molecule has 0 saturated heterocycles. The number of hydrogen-bond donors (Lipinski definition) is 2. The fourth-order valence-corrected chi connectivity index (χ4v) is 3.38. The SMILES string of the molecule is O=CC(CO)Cn1c(=O)nc(Nc2ccc(Oc3ncccn3)cc2)n(Cc2ccc(Cl)cc2)c1=O. The molecule has 0 spiro atoms. The van der Waals surface area contributed by atoms with Crippen LogP contribution in [0, 0.1) is 5.92 Å². The minimum Gasteiger partial charge on any atom is -0.424 e. The molecule has 1 atom stereocenters. The van der Waals surface area contributed by atoms with Gasteiger partial charge in [0.2, 0.25) is 5.95 Å². The van der Waals surface area contributed by atoms with Crippen LogP contribution in [0.25, 0.3) is 0 Å². The molecule has 0 fully saturated rings. The monoisotopic (exact) mass is 508 g/mol. The molecule has 4 aromatic rings. The Balaban J connectivity index is 1.66. The van der Waals surface area contributed by atoms with E-state index in [2.05, 4.69) is 20.3 Å². The van der Waals surface area contributed by atoms with Crippen molar-refractivity contribution in [2.75, 3.05) is 11.9 Å². The van der Waals surface area contributed by atoms with Gasteiger partial charge in [-0.2, -0.15) is 4.98 Å². The van der Waals surface area contributed by atoms with E-state index in [9.17, 15) is 19.5 Å². The Kier molecular flexibility index (Phi) is 7.83. The fraction of sp³-hybridized carbons (Fsp3) is 0.167. The zero-order chi connectivity index (χ0) is 25.5. The van der Waals surface area contributed by atoms with Crippen LogP contribution in [0.1, 0.15) is 5.56 Å². The number of benzene rings is 2. The van der Waals surface area contributed by atoms with Crippen LogP contribution in [0.3, 0.4) is 0 Å². The number of aldehydes is 1. The number of rotatable bonds is 10. The van der Waals surface area contributed by atoms with E-state index in [1.165, 1.54) is 4.57 Å². The minimum atomic E-state index is -0.916.